The van der Waals surface area contributed by atoms with E-state index in [0.29, 0.717) is 6.54 Å². The lowest BCUT2D eigenvalue weighted by Crippen LogP contribution is -2.54. The van der Waals surface area contributed by atoms with E-state index < -0.39 is 15.1 Å². The highest BCUT2D eigenvalue weighted by Crippen LogP contribution is 2.32. The number of fused-ring (bicyclic) bond motifs is 1. The average Bonchev–Trinajstić information content (AvgIpc) is 2.96. The number of amides is 1. The molecule has 0 spiro atoms. The van der Waals surface area contributed by atoms with Crippen LogP contribution in [0.4, 0.5) is 0 Å². The van der Waals surface area contributed by atoms with Crippen molar-refractivity contribution in [3.05, 3.63) is 21.4 Å². The van der Waals surface area contributed by atoms with E-state index in [0.717, 1.165) is 17.7 Å². The van der Waals surface area contributed by atoms with Gasteiger partial charge in [0, 0.05) is 17.5 Å². The lowest BCUT2D eigenvalue weighted by atomic mass is 10.2. The molecule has 0 unspecified atom stereocenters. The van der Waals surface area contributed by atoms with Crippen molar-refractivity contribution in [2.45, 2.75) is 44.4 Å². The highest BCUT2D eigenvalue weighted by atomic mass is 32.2. The van der Waals surface area contributed by atoms with Gasteiger partial charge >= 0.3 is 0 Å². The lowest BCUT2D eigenvalue weighted by Gasteiger charge is -2.37. The highest BCUT2D eigenvalue weighted by molar-refractivity contribution is 7.92. The Morgan fingerprint density at radius 2 is 2.10 bits per heavy atom. The number of carbonyl (C=O) groups is 1. The summed E-state index contributed by atoms with van der Waals surface area (Å²) in [6, 6.07) is 1.76. The van der Waals surface area contributed by atoms with Crippen LogP contribution >= 0.6 is 11.3 Å². The number of sulfone groups is 1. The molecule has 0 saturated carbocycles. The zero-order valence-corrected chi connectivity index (χ0v) is 13.4. The summed E-state index contributed by atoms with van der Waals surface area (Å²) < 4.78 is 23.7. The van der Waals surface area contributed by atoms with Gasteiger partial charge in [0.15, 0.2) is 9.84 Å². The van der Waals surface area contributed by atoms with E-state index in [4.69, 9.17) is 0 Å². The minimum atomic E-state index is -3.05. The van der Waals surface area contributed by atoms with Crippen molar-refractivity contribution in [1.82, 2.24) is 4.90 Å². The second kappa shape index (κ2) is 4.84. The van der Waals surface area contributed by atoms with E-state index in [2.05, 4.69) is 0 Å². The lowest BCUT2D eigenvalue weighted by molar-refractivity contribution is 0.0698. The zero-order chi connectivity index (χ0) is 14.5. The molecule has 2 atom stereocenters. The Morgan fingerprint density at radius 1 is 1.35 bits per heavy atom. The number of hydrogen-bond acceptors (Lipinski definition) is 4. The Balaban J connectivity index is 1.83. The first-order chi connectivity index (χ1) is 9.40. The Kier molecular flexibility index (Phi) is 3.41. The van der Waals surface area contributed by atoms with Crippen molar-refractivity contribution >= 4 is 27.1 Å². The Morgan fingerprint density at radius 3 is 2.80 bits per heavy atom. The van der Waals surface area contributed by atoms with E-state index in [1.807, 2.05) is 13.0 Å². The SMILES string of the molecule is C[C@@H]1[C@H](C)S(=O)(=O)CCN1C(=O)c1cc2c(s1)CCC2. The second-order valence-corrected chi connectivity index (χ2v) is 9.34. The summed E-state index contributed by atoms with van der Waals surface area (Å²) >= 11 is 1.59. The second-order valence-electron chi connectivity index (χ2n) is 5.72. The molecule has 3 rings (SSSR count). The van der Waals surface area contributed by atoms with Gasteiger partial charge in [-0.3, -0.25) is 4.79 Å². The first-order valence-corrected chi connectivity index (χ1v) is 9.57. The van der Waals surface area contributed by atoms with Gasteiger partial charge in [-0.05, 0) is 44.7 Å². The van der Waals surface area contributed by atoms with E-state index in [-0.39, 0.29) is 17.7 Å². The van der Waals surface area contributed by atoms with Crippen LogP contribution in [0, 0.1) is 0 Å². The molecule has 1 aromatic rings. The third kappa shape index (κ3) is 2.19. The molecule has 1 fully saturated rings. The van der Waals surface area contributed by atoms with Crippen LogP contribution in [0.1, 0.15) is 40.4 Å². The van der Waals surface area contributed by atoms with E-state index in [1.54, 1.807) is 23.2 Å². The maximum absolute atomic E-state index is 12.6. The van der Waals surface area contributed by atoms with Gasteiger partial charge in [-0.15, -0.1) is 11.3 Å². The molecule has 0 bridgehead atoms. The minimum Gasteiger partial charge on any atom is -0.333 e. The standard InChI is InChI=1S/C14H19NO3S2/c1-9-10(2)20(17,18)7-6-15(9)14(16)13-8-11-4-3-5-12(11)19-13/h8-10H,3-7H2,1-2H3/t9-,10+/m1/s1. The van der Waals surface area contributed by atoms with Gasteiger partial charge in [0.1, 0.15) is 0 Å². The number of nitrogens with zero attached hydrogens (tertiary/aromatic N) is 1. The molecule has 1 saturated heterocycles. The minimum absolute atomic E-state index is 0.00125. The number of carbonyl (C=O) groups excluding carboxylic acids is 1. The normalized spacial score (nSPS) is 28.4. The van der Waals surface area contributed by atoms with E-state index >= 15 is 0 Å². The molecule has 0 N–H and O–H groups in total. The van der Waals surface area contributed by atoms with Crippen LogP contribution in [0.15, 0.2) is 6.07 Å². The van der Waals surface area contributed by atoms with Crippen LogP contribution in [-0.2, 0) is 22.7 Å². The van der Waals surface area contributed by atoms with Crippen LogP contribution in [0.2, 0.25) is 0 Å². The number of aryl methyl sites for hydroxylation is 2. The molecule has 2 heterocycles. The van der Waals surface area contributed by atoms with Gasteiger partial charge in [0.05, 0.1) is 15.9 Å². The molecule has 110 valence electrons. The number of thiophene rings is 1. The van der Waals surface area contributed by atoms with Gasteiger partial charge < -0.3 is 4.90 Å². The molecule has 2 aliphatic rings. The van der Waals surface area contributed by atoms with Crippen molar-refractivity contribution < 1.29 is 13.2 Å². The third-order valence-electron chi connectivity index (χ3n) is 4.57. The van der Waals surface area contributed by atoms with Crippen molar-refractivity contribution in [1.29, 1.82) is 0 Å². The first-order valence-electron chi connectivity index (χ1n) is 7.04. The van der Waals surface area contributed by atoms with Crippen LogP contribution in [0.5, 0.6) is 0 Å². The van der Waals surface area contributed by atoms with Crippen LogP contribution in [0.3, 0.4) is 0 Å². The topological polar surface area (TPSA) is 54.5 Å². The van der Waals surface area contributed by atoms with Gasteiger partial charge in [0.25, 0.3) is 5.91 Å². The van der Waals surface area contributed by atoms with E-state index in [9.17, 15) is 13.2 Å². The first kappa shape index (κ1) is 14.1. The molecule has 1 amide bonds. The highest BCUT2D eigenvalue weighted by Gasteiger charge is 2.38. The van der Waals surface area contributed by atoms with Gasteiger partial charge in [0.2, 0.25) is 0 Å². The monoisotopic (exact) mass is 313 g/mol. The maximum atomic E-state index is 12.6. The molecule has 4 nitrogen and oxygen atoms in total. The summed E-state index contributed by atoms with van der Waals surface area (Å²) in [4.78, 5) is 16.4. The molecular formula is C14H19NO3S2. The van der Waals surface area contributed by atoms with Crippen LogP contribution < -0.4 is 0 Å². The average molecular weight is 313 g/mol. The summed E-state index contributed by atoms with van der Waals surface area (Å²) in [5.41, 5.74) is 1.31. The van der Waals surface area contributed by atoms with Crippen molar-refractivity contribution in [3.63, 3.8) is 0 Å². The smallest absolute Gasteiger partial charge is 0.264 e. The van der Waals surface area contributed by atoms with Crippen LogP contribution in [0.25, 0.3) is 0 Å². The van der Waals surface area contributed by atoms with Crippen molar-refractivity contribution in [2.75, 3.05) is 12.3 Å². The molecular weight excluding hydrogens is 294 g/mol. The molecule has 1 aromatic heterocycles. The zero-order valence-electron chi connectivity index (χ0n) is 11.8. The van der Waals surface area contributed by atoms with E-state index in [1.165, 1.54) is 16.9 Å². The predicted molar refractivity (Wildman–Crippen MR) is 80.1 cm³/mol. The molecule has 20 heavy (non-hydrogen) atoms. The maximum Gasteiger partial charge on any atom is 0.264 e. The Bertz CT molecular complexity index is 626. The van der Waals surface area contributed by atoms with Gasteiger partial charge in [-0.25, -0.2) is 8.42 Å². The molecule has 6 heteroatoms. The molecule has 0 aromatic carbocycles. The van der Waals surface area contributed by atoms with Crippen molar-refractivity contribution in [3.8, 4) is 0 Å². The number of hydrogen-bond donors (Lipinski definition) is 0. The predicted octanol–water partition coefficient (Wildman–Crippen LogP) is 1.88. The summed E-state index contributed by atoms with van der Waals surface area (Å²) in [6.45, 7) is 3.85. The fourth-order valence-corrected chi connectivity index (χ4v) is 5.81. The number of rotatable bonds is 1. The fourth-order valence-electron chi connectivity index (χ4n) is 3.03. The summed E-state index contributed by atoms with van der Waals surface area (Å²) in [6.07, 6.45) is 3.33. The summed E-state index contributed by atoms with van der Waals surface area (Å²) in [5, 5.41) is -0.480. The van der Waals surface area contributed by atoms with Gasteiger partial charge in [-0.1, -0.05) is 0 Å². The van der Waals surface area contributed by atoms with Crippen LogP contribution in [-0.4, -0.2) is 42.8 Å². The quantitative estimate of drug-likeness (QED) is 0.795. The summed E-state index contributed by atoms with van der Waals surface area (Å²) in [5.74, 6) is 0.0775. The van der Waals surface area contributed by atoms with Crippen molar-refractivity contribution in [2.24, 2.45) is 0 Å². The summed E-state index contributed by atoms with van der Waals surface area (Å²) in [7, 11) is -3.05. The Hall–Kier alpha value is -0.880. The third-order valence-corrected chi connectivity index (χ3v) is 8.08. The van der Waals surface area contributed by atoms with Gasteiger partial charge in [-0.2, -0.15) is 0 Å². The Labute approximate surface area is 123 Å². The fraction of sp³-hybridized carbons (Fsp3) is 0.643. The molecule has 1 aliphatic heterocycles. The largest absolute Gasteiger partial charge is 0.333 e. The molecule has 0 radical (unpaired) electrons. The molecule has 1 aliphatic carbocycles.